The first-order valence-electron chi connectivity index (χ1n) is 11.1. The van der Waals surface area contributed by atoms with Crippen LogP contribution in [-0.4, -0.2) is 34.8 Å². The summed E-state index contributed by atoms with van der Waals surface area (Å²) in [5.41, 5.74) is 3.46. The van der Waals surface area contributed by atoms with Crippen LogP contribution in [0.2, 0.25) is 0 Å². The van der Waals surface area contributed by atoms with Crippen LogP contribution in [0.3, 0.4) is 0 Å². The molecular formula is C26H27N3O3. The van der Waals surface area contributed by atoms with E-state index in [1.165, 1.54) is 5.56 Å². The molecule has 3 N–H and O–H groups in total. The number of carbonyl (C=O) groups excluding carboxylic acids is 1. The van der Waals surface area contributed by atoms with Gasteiger partial charge in [-0.2, -0.15) is 0 Å². The zero-order valence-electron chi connectivity index (χ0n) is 17.8. The molecule has 2 aromatic carbocycles. The van der Waals surface area contributed by atoms with Gasteiger partial charge >= 0.3 is 0 Å². The maximum atomic E-state index is 13.3. The molecule has 3 heterocycles. The first-order chi connectivity index (χ1) is 15.7. The minimum Gasteiger partial charge on any atom is -0.396 e. The lowest BCUT2D eigenvalue weighted by Gasteiger charge is -2.28. The number of hydrogen-bond donors (Lipinski definition) is 3. The Morgan fingerprint density at radius 2 is 1.75 bits per heavy atom. The molecule has 5 rings (SSSR count). The molecule has 1 fully saturated rings. The Labute approximate surface area is 186 Å². The zero-order valence-corrected chi connectivity index (χ0v) is 17.8. The number of aromatic nitrogens is 1. The molecule has 2 bridgehead atoms. The van der Waals surface area contributed by atoms with E-state index < -0.39 is 5.92 Å². The standard InChI is InChI=1S/C26H27N3O3/c30-16-20-21-15-29-22(12-11-19(26(29)32)18-9-5-2-6-10-18)24(28-21)23(20)25(31)27-14-13-17-7-3-1-4-8-17/h1-12,20-21,23-24,28,30H,13-16H2,(H,27,31)/t20-,21-,23+,24+/m0/s1. The first-order valence-corrected chi connectivity index (χ1v) is 11.1. The van der Waals surface area contributed by atoms with Crippen molar-refractivity contribution < 1.29 is 9.90 Å². The SMILES string of the molecule is O=C(NCCc1ccccc1)[C@@H]1[C@@H](CO)[C@@H]2Cn3c(ccc(-c4ccccc4)c3=O)[C@H]1N2. The molecule has 6 nitrogen and oxygen atoms in total. The molecule has 1 saturated heterocycles. The molecule has 0 radical (unpaired) electrons. The third-order valence-electron chi connectivity index (χ3n) is 6.79. The summed E-state index contributed by atoms with van der Waals surface area (Å²) >= 11 is 0. The van der Waals surface area contributed by atoms with Crippen LogP contribution in [0.1, 0.15) is 17.3 Å². The minimum absolute atomic E-state index is 0.0491. The van der Waals surface area contributed by atoms with E-state index in [2.05, 4.69) is 10.6 Å². The van der Waals surface area contributed by atoms with Crippen LogP contribution in [0.15, 0.2) is 77.6 Å². The Kier molecular flexibility index (Phi) is 5.64. The summed E-state index contributed by atoms with van der Waals surface area (Å²) in [6.07, 6.45) is 0.751. The Hall–Kier alpha value is -3.22. The number of fused-ring (bicyclic) bond motifs is 4. The normalized spacial score (nSPS) is 23.5. The summed E-state index contributed by atoms with van der Waals surface area (Å²) in [5.74, 6) is -0.735. The molecule has 1 amide bonds. The number of benzene rings is 2. The first kappa shape index (κ1) is 20.7. The number of nitrogens with one attached hydrogen (secondary N) is 2. The summed E-state index contributed by atoms with van der Waals surface area (Å²) < 4.78 is 1.79. The van der Waals surface area contributed by atoms with Crippen molar-refractivity contribution in [2.24, 2.45) is 11.8 Å². The molecular weight excluding hydrogens is 402 g/mol. The molecule has 0 aliphatic carbocycles. The van der Waals surface area contributed by atoms with Gasteiger partial charge in [-0.1, -0.05) is 60.7 Å². The van der Waals surface area contributed by atoms with Crippen LogP contribution < -0.4 is 16.2 Å². The highest BCUT2D eigenvalue weighted by atomic mass is 16.3. The summed E-state index contributed by atoms with van der Waals surface area (Å²) in [4.78, 5) is 26.5. The number of amides is 1. The Morgan fingerprint density at radius 1 is 1.03 bits per heavy atom. The van der Waals surface area contributed by atoms with E-state index in [0.29, 0.717) is 18.7 Å². The quantitative estimate of drug-likeness (QED) is 0.561. The van der Waals surface area contributed by atoms with Crippen LogP contribution in [0.4, 0.5) is 0 Å². The lowest BCUT2D eigenvalue weighted by Crippen LogP contribution is -2.43. The summed E-state index contributed by atoms with van der Waals surface area (Å²) in [6.45, 7) is 0.887. The molecule has 164 valence electrons. The molecule has 0 saturated carbocycles. The number of rotatable bonds is 6. The molecule has 2 aliphatic heterocycles. The van der Waals surface area contributed by atoms with E-state index in [4.69, 9.17) is 0 Å². The van der Waals surface area contributed by atoms with Crippen molar-refractivity contribution in [2.45, 2.75) is 25.0 Å². The molecule has 4 atom stereocenters. The molecule has 0 unspecified atom stereocenters. The zero-order chi connectivity index (χ0) is 22.1. The average Bonchev–Trinajstić information content (AvgIpc) is 3.13. The summed E-state index contributed by atoms with van der Waals surface area (Å²) in [7, 11) is 0. The fraction of sp³-hybridized carbons (Fsp3) is 0.308. The smallest absolute Gasteiger partial charge is 0.258 e. The van der Waals surface area contributed by atoms with Gasteiger partial charge in [0.15, 0.2) is 0 Å². The molecule has 1 aromatic heterocycles. The van der Waals surface area contributed by atoms with E-state index in [9.17, 15) is 14.7 Å². The second-order valence-electron chi connectivity index (χ2n) is 8.60. The summed E-state index contributed by atoms with van der Waals surface area (Å²) in [6, 6.07) is 23.0. The highest BCUT2D eigenvalue weighted by Gasteiger charge is 2.50. The largest absolute Gasteiger partial charge is 0.396 e. The number of aliphatic hydroxyl groups excluding tert-OH is 1. The van der Waals surface area contributed by atoms with Crippen molar-refractivity contribution in [2.75, 3.05) is 13.2 Å². The average molecular weight is 430 g/mol. The van der Waals surface area contributed by atoms with Crippen LogP contribution in [-0.2, 0) is 17.8 Å². The molecule has 32 heavy (non-hydrogen) atoms. The fourth-order valence-corrected chi connectivity index (χ4v) is 5.18. The molecule has 3 aromatic rings. The van der Waals surface area contributed by atoms with Crippen molar-refractivity contribution >= 4 is 5.91 Å². The van der Waals surface area contributed by atoms with Gasteiger partial charge in [-0.25, -0.2) is 0 Å². The highest BCUT2D eigenvalue weighted by molar-refractivity contribution is 5.80. The van der Waals surface area contributed by atoms with Crippen LogP contribution in [0.5, 0.6) is 0 Å². The van der Waals surface area contributed by atoms with Crippen molar-refractivity contribution in [3.05, 3.63) is 94.4 Å². The van der Waals surface area contributed by atoms with Gasteiger partial charge < -0.3 is 20.3 Å². The Bertz CT molecular complexity index is 1160. The van der Waals surface area contributed by atoms with Gasteiger partial charge in [0.05, 0.1) is 12.0 Å². The van der Waals surface area contributed by atoms with Crippen molar-refractivity contribution in [1.82, 2.24) is 15.2 Å². The Morgan fingerprint density at radius 3 is 2.47 bits per heavy atom. The number of aliphatic hydroxyl groups is 1. The maximum absolute atomic E-state index is 13.3. The second-order valence-corrected chi connectivity index (χ2v) is 8.60. The van der Waals surface area contributed by atoms with E-state index in [0.717, 1.165) is 17.7 Å². The van der Waals surface area contributed by atoms with E-state index >= 15 is 0 Å². The monoisotopic (exact) mass is 429 g/mol. The fourth-order valence-electron chi connectivity index (χ4n) is 5.18. The van der Waals surface area contributed by atoms with Crippen molar-refractivity contribution in [3.63, 3.8) is 0 Å². The predicted molar refractivity (Wildman–Crippen MR) is 123 cm³/mol. The van der Waals surface area contributed by atoms with Crippen molar-refractivity contribution in [3.8, 4) is 11.1 Å². The van der Waals surface area contributed by atoms with E-state index in [-0.39, 0.29) is 36.1 Å². The third-order valence-corrected chi connectivity index (χ3v) is 6.79. The molecule has 6 heteroatoms. The number of nitrogens with zero attached hydrogens (tertiary/aromatic N) is 1. The van der Waals surface area contributed by atoms with Crippen LogP contribution in [0.25, 0.3) is 11.1 Å². The van der Waals surface area contributed by atoms with Gasteiger partial charge in [0, 0.05) is 42.9 Å². The van der Waals surface area contributed by atoms with Gasteiger partial charge in [-0.05, 0) is 29.7 Å². The minimum atomic E-state index is -0.420. The predicted octanol–water partition coefficient (Wildman–Crippen LogP) is 2.13. The van der Waals surface area contributed by atoms with Gasteiger partial charge in [0.1, 0.15) is 0 Å². The van der Waals surface area contributed by atoms with Gasteiger partial charge in [0.25, 0.3) is 5.56 Å². The van der Waals surface area contributed by atoms with Crippen molar-refractivity contribution in [1.29, 1.82) is 0 Å². The van der Waals surface area contributed by atoms with Crippen LogP contribution in [0, 0.1) is 11.8 Å². The highest BCUT2D eigenvalue weighted by Crippen LogP contribution is 2.41. The van der Waals surface area contributed by atoms with E-state index in [1.807, 2.05) is 72.8 Å². The number of pyridine rings is 1. The lowest BCUT2D eigenvalue weighted by atomic mass is 9.86. The third kappa shape index (κ3) is 3.66. The molecule has 2 aliphatic rings. The second kappa shape index (κ2) is 8.73. The van der Waals surface area contributed by atoms with Crippen LogP contribution >= 0.6 is 0 Å². The van der Waals surface area contributed by atoms with Gasteiger partial charge in [0.2, 0.25) is 5.91 Å². The topological polar surface area (TPSA) is 83.4 Å². The van der Waals surface area contributed by atoms with Gasteiger partial charge in [-0.15, -0.1) is 0 Å². The number of hydrogen-bond acceptors (Lipinski definition) is 4. The van der Waals surface area contributed by atoms with E-state index in [1.54, 1.807) is 4.57 Å². The molecule has 0 spiro atoms. The maximum Gasteiger partial charge on any atom is 0.258 e. The lowest BCUT2D eigenvalue weighted by molar-refractivity contribution is -0.127. The summed E-state index contributed by atoms with van der Waals surface area (Å²) in [5, 5.41) is 16.7. The van der Waals surface area contributed by atoms with Gasteiger partial charge in [-0.3, -0.25) is 9.59 Å². The number of carbonyl (C=O) groups is 1. The Balaban J connectivity index is 1.40.